The van der Waals surface area contributed by atoms with Gasteiger partial charge < -0.3 is 5.73 Å². The molecule has 2 rings (SSSR count). The lowest BCUT2D eigenvalue weighted by atomic mass is 9.95. The summed E-state index contributed by atoms with van der Waals surface area (Å²) < 4.78 is 0. The molecule has 3 nitrogen and oxygen atoms in total. The zero-order chi connectivity index (χ0) is 13.0. The first-order chi connectivity index (χ1) is 8.70. The molecule has 1 aliphatic rings. The fraction of sp³-hybridized carbons (Fsp3) is 0.769. The SMILES string of the molecule is Cc1nc(CN(C)C(CN)C2CCCSC2)cs1. The summed E-state index contributed by atoms with van der Waals surface area (Å²) in [5, 5.41) is 3.31. The molecule has 2 N–H and O–H groups in total. The molecule has 1 aliphatic heterocycles. The quantitative estimate of drug-likeness (QED) is 0.902. The van der Waals surface area contributed by atoms with Crippen LogP contribution in [0.5, 0.6) is 0 Å². The number of aromatic nitrogens is 1. The second-order valence-electron chi connectivity index (χ2n) is 5.05. The first kappa shape index (κ1) is 14.3. The predicted octanol–water partition coefficient (Wildman–Crippen LogP) is 2.35. The Balaban J connectivity index is 1.93. The van der Waals surface area contributed by atoms with E-state index in [1.165, 1.54) is 30.0 Å². The van der Waals surface area contributed by atoms with Gasteiger partial charge in [0.2, 0.25) is 0 Å². The molecule has 0 aliphatic carbocycles. The van der Waals surface area contributed by atoms with Crippen LogP contribution in [0.15, 0.2) is 5.38 Å². The third-order valence-electron chi connectivity index (χ3n) is 3.63. The largest absolute Gasteiger partial charge is 0.329 e. The number of aryl methyl sites for hydroxylation is 1. The van der Waals surface area contributed by atoms with Crippen LogP contribution < -0.4 is 5.73 Å². The number of thioether (sulfide) groups is 1. The van der Waals surface area contributed by atoms with Crippen molar-refractivity contribution >= 4 is 23.1 Å². The minimum atomic E-state index is 0.500. The molecular weight excluding hydrogens is 262 g/mol. The minimum Gasteiger partial charge on any atom is -0.329 e. The van der Waals surface area contributed by atoms with Gasteiger partial charge in [-0.25, -0.2) is 4.98 Å². The van der Waals surface area contributed by atoms with Crippen molar-refractivity contribution in [2.75, 3.05) is 25.1 Å². The van der Waals surface area contributed by atoms with E-state index in [0.717, 1.165) is 24.0 Å². The highest BCUT2D eigenvalue weighted by Crippen LogP contribution is 2.27. The highest BCUT2D eigenvalue weighted by Gasteiger charge is 2.26. The first-order valence-electron chi connectivity index (χ1n) is 6.59. The van der Waals surface area contributed by atoms with E-state index in [-0.39, 0.29) is 0 Å². The van der Waals surface area contributed by atoms with Crippen LogP contribution in [0.25, 0.3) is 0 Å². The number of nitrogens with two attached hydrogens (primary N) is 1. The summed E-state index contributed by atoms with van der Waals surface area (Å²) in [5.41, 5.74) is 7.18. The van der Waals surface area contributed by atoms with Crippen molar-refractivity contribution in [2.24, 2.45) is 11.7 Å². The monoisotopic (exact) mass is 285 g/mol. The Morgan fingerprint density at radius 3 is 3.00 bits per heavy atom. The Hall–Kier alpha value is -0.100. The third kappa shape index (κ3) is 3.70. The van der Waals surface area contributed by atoms with Crippen LogP contribution >= 0.6 is 23.1 Å². The van der Waals surface area contributed by atoms with Crippen LogP contribution in [0.3, 0.4) is 0 Å². The molecule has 0 spiro atoms. The summed E-state index contributed by atoms with van der Waals surface area (Å²) in [6.07, 6.45) is 2.67. The van der Waals surface area contributed by atoms with Crippen molar-refractivity contribution in [3.05, 3.63) is 16.1 Å². The first-order valence-corrected chi connectivity index (χ1v) is 8.63. The van der Waals surface area contributed by atoms with E-state index in [4.69, 9.17) is 5.73 Å². The molecule has 0 saturated carbocycles. The highest BCUT2D eigenvalue weighted by atomic mass is 32.2. The van der Waals surface area contributed by atoms with Gasteiger partial charge in [0.1, 0.15) is 0 Å². The zero-order valence-electron chi connectivity index (χ0n) is 11.3. The topological polar surface area (TPSA) is 42.2 Å². The molecule has 2 heterocycles. The molecule has 0 bridgehead atoms. The van der Waals surface area contributed by atoms with E-state index in [9.17, 15) is 0 Å². The Bertz CT molecular complexity index is 361. The van der Waals surface area contributed by atoms with Crippen molar-refractivity contribution in [3.8, 4) is 0 Å². The maximum Gasteiger partial charge on any atom is 0.0897 e. The zero-order valence-corrected chi connectivity index (χ0v) is 12.9. The second-order valence-corrected chi connectivity index (χ2v) is 7.27. The standard InChI is InChI=1S/C13H23N3S2/c1-10-15-12(9-18-10)7-16(2)13(6-14)11-4-3-5-17-8-11/h9,11,13H,3-8,14H2,1-2H3. The fourth-order valence-corrected chi connectivity index (χ4v) is 4.49. The second kappa shape index (κ2) is 6.89. The molecule has 1 fully saturated rings. The van der Waals surface area contributed by atoms with Crippen molar-refractivity contribution in [3.63, 3.8) is 0 Å². The van der Waals surface area contributed by atoms with E-state index in [1.54, 1.807) is 11.3 Å². The molecule has 1 aromatic heterocycles. The van der Waals surface area contributed by atoms with E-state index in [2.05, 4.69) is 41.0 Å². The van der Waals surface area contributed by atoms with E-state index < -0.39 is 0 Å². The number of thiazole rings is 1. The molecule has 18 heavy (non-hydrogen) atoms. The molecule has 5 heteroatoms. The van der Waals surface area contributed by atoms with Crippen molar-refractivity contribution in [1.82, 2.24) is 9.88 Å². The van der Waals surface area contributed by atoms with Crippen LogP contribution in [0.4, 0.5) is 0 Å². The van der Waals surface area contributed by atoms with Gasteiger partial charge in [0, 0.05) is 24.5 Å². The van der Waals surface area contributed by atoms with Gasteiger partial charge in [-0.3, -0.25) is 4.90 Å². The van der Waals surface area contributed by atoms with Gasteiger partial charge in [0.25, 0.3) is 0 Å². The number of hydrogen-bond donors (Lipinski definition) is 1. The van der Waals surface area contributed by atoms with Crippen LogP contribution in [0, 0.1) is 12.8 Å². The summed E-state index contributed by atoms with van der Waals surface area (Å²) in [4.78, 5) is 6.94. The van der Waals surface area contributed by atoms with Gasteiger partial charge in [-0.2, -0.15) is 11.8 Å². The average molecular weight is 285 g/mol. The lowest BCUT2D eigenvalue weighted by molar-refractivity contribution is 0.174. The maximum atomic E-state index is 5.99. The smallest absolute Gasteiger partial charge is 0.0897 e. The molecule has 1 aromatic rings. The van der Waals surface area contributed by atoms with Crippen molar-refractivity contribution < 1.29 is 0 Å². The summed E-state index contributed by atoms with van der Waals surface area (Å²) in [5.74, 6) is 3.34. The third-order valence-corrected chi connectivity index (χ3v) is 5.69. The van der Waals surface area contributed by atoms with Crippen LogP contribution in [0.1, 0.15) is 23.5 Å². The minimum absolute atomic E-state index is 0.500. The van der Waals surface area contributed by atoms with Crippen LogP contribution in [-0.2, 0) is 6.54 Å². The summed E-state index contributed by atoms with van der Waals surface area (Å²) in [6, 6.07) is 0.500. The normalized spacial score (nSPS) is 22.3. The van der Waals surface area contributed by atoms with E-state index >= 15 is 0 Å². The number of hydrogen-bond acceptors (Lipinski definition) is 5. The molecule has 2 unspecified atom stereocenters. The number of likely N-dealkylation sites (N-methyl/N-ethyl adjacent to an activating group) is 1. The Labute approximate surface area is 118 Å². The van der Waals surface area contributed by atoms with Crippen molar-refractivity contribution in [2.45, 2.75) is 32.4 Å². The van der Waals surface area contributed by atoms with Crippen molar-refractivity contribution in [1.29, 1.82) is 0 Å². The molecule has 0 amide bonds. The molecule has 2 atom stereocenters. The van der Waals surface area contributed by atoms with Crippen LogP contribution in [0.2, 0.25) is 0 Å². The highest BCUT2D eigenvalue weighted by molar-refractivity contribution is 7.99. The maximum absolute atomic E-state index is 5.99. The fourth-order valence-electron chi connectivity index (χ4n) is 2.66. The molecular formula is C13H23N3S2. The Morgan fingerprint density at radius 2 is 2.44 bits per heavy atom. The Morgan fingerprint density at radius 1 is 1.61 bits per heavy atom. The van der Waals surface area contributed by atoms with Crippen LogP contribution in [-0.4, -0.2) is 41.0 Å². The average Bonchev–Trinajstić information content (AvgIpc) is 2.77. The summed E-state index contributed by atoms with van der Waals surface area (Å²) >= 11 is 3.81. The summed E-state index contributed by atoms with van der Waals surface area (Å²) in [7, 11) is 2.19. The number of rotatable bonds is 5. The Kier molecular flexibility index (Phi) is 5.48. The number of nitrogens with zero attached hydrogens (tertiary/aromatic N) is 2. The lowest BCUT2D eigenvalue weighted by Gasteiger charge is -2.35. The molecule has 0 radical (unpaired) electrons. The van der Waals surface area contributed by atoms with E-state index in [0.29, 0.717) is 6.04 Å². The van der Waals surface area contributed by atoms with E-state index in [1.807, 2.05) is 0 Å². The molecule has 0 aromatic carbocycles. The van der Waals surface area contributed by atoms with Gasteiger partial charge in [0.05, 0.1) is 10.7 Å². The summed E-state index contributed by atoms with van der Waals surface area (Å²) in [6.45, 7) is 3.74. The molecule has 102 valence electrons. The predicted molar refractivity (Wildman–Crippen MR) is 81.2 cm³/mol. The van der Waals surface area contributed by atoms with Gasteiger partial charge in [0.15, 0.2) is 0 Å². The van der Waals surface area contributed by atoms with Gasteiger partial charge in [-0.1, -0.05) is 0 Å². The van der Waals surface area contributed by atoms with Gasteiger partial charge in [-0.15, -0.1) is 11.3 Å². The molecule has 1 saturated heterocycles. The lowest BCUT2D eigenvalue weighted by Crippen LogP contribution is -2.44. The van der Waals surface area contributed by atoms with Gasteiger partial charge >= 0.3 is 0 Å². The van der Waals surface area contributed by atoms with Gasteiger partial charge in [-0.05, 0) is 44.2 Å².